The summed E-state index contributed by atoms with van der Waals surface area (Å²) < 4.78 is 46.5. The molecule has 5 aliphatic carbocycles. The molecule has 0 spiro atoms. The molecule has 5 saturated carbocycles. The van der Waals surface area contributed by atoms with Gasteiger partial charge in [-0.3, -0.25) is 4.79 Å². The molecule has 4 bridgehead atoms. The smallest absolute Gasteiger partial charge is 0.397 e. The third-order valence-corrected chi connectivity index (χ3v) is 9.29. The first kappa shape index (κ1) is 23.6. The number of carboxylic acids is 1. The molecule has 192 valence electrons. The van der Waals surface area contributed by atoms with Crippen molar-refractivity contribution < 1.29 is 32.6 Å². The van der Waals surface area contributed by atoms with Crippen LogP contribution >= 0.6 is 0 Å². The van der Waals surface area contributed by atoms with E-state index in [0.29, 0.717) is 23.1 Å². The van der Waals surface area contributed by atoms with Crippen LogP contribution in [-0.2, 0) is 4.79 Å². The predicted molar refractivity (Wildman–Crippen MR) is 127 cm³/mol. The molecule has 2 aromatic rings. The third-order valence-electron chi connectivity index (χ3n) is 9.29. The van der Waals surface area contributed by atoms with Crippen LogP contribution in [0.3, 0.4) is 0 Å². The first-order valence-electron chi connectivity index (χ1n) is 12.8. The van der Waals surface area contributed by atoms with Crippen LogP contribution in [0.15, 0.2) is 36.4 Å². The number of rotatable bonds is 7. The van der Waals surface area contributed by atoms with E-state index in [1.54, 1.807) is 30.3 Å². The van der Waals surface area contributed by atoms with Gasteiger partial charge in [0.15, 0.2) is 0 Å². The van der Waals surface area contributed by atoms with Gasteiger partial charge in [0.1, 0.15) is 23.8 Å². The topological polar surface area (TPSA) is 75.6 Å². The number of nitrogens with one attached hydrogen (secondary N) is 1. The van der Waals surface area contributed by atoms with Crippen LogP contribution in [0.1, 0.15) is 61.7 Å². The monoisotopic (exact) mass is 501 g/mol. The van der Waals surface area contributed by atoms with Crippen molar-refractivity contribution in [3.05, 3.63) is 42.0 Å². The number of halogens is 3. The Labute approximate surface area is 207 Å². The molecule has 0 aromatic heterocycles. The van der Waals surface area contributed by atoms with Crippen LogP contribution in [0.4, 0.5) is 13.2 Å². The maximum absolute atomic E-state index is 13.6. The van der Waals surface area contributed by atoms with E-state index >= 15 is 0 Å². The molecule has 7 rings (SSSR count). The second-order valence-corrected chi connectivity index (χ2v) is 11.8. The van der Waals surface area contributed by atoms with Crippen LogP contribution in [0, 0.1) is 28.6 Å². The highest BCUT2D eigenvalue weighted by Gasteiger charge is 2.64. The Kier molecular flexibility index (Phi) is 5.33. The predicted octanol–water partition coefficient (Wildman–Crippen LogP) is 5.96. The van der Waals surface area contributed by atoms with Crippen LogP contribution < -0.4 is 10.1 Å². The number of amides is 1. The van der Waals surface area contributed by atoms with E-state index in [1.165, 1.54) is 6.07 Å². The molecular weight excluding hydrogens is 471 g/mol. The van der Waals surface area contributed by atoms with E-state index in [-0.39, 0.29) is 24.2 Å². The minimum absolute atomic E-state index is 0.00406. The van der Waals surface area contributed by atoms with Gasteiger partial charge in [0, 0.05) is 10.8 Å². The number of carboxylic acid groups (broad SMARTS) is 1. The zero-order valence-electron chi connectivity index (χ0n) is 19.9. The maximum atomic E-state index is 13.6. The minimum Gasteiger partial charge on any atom is -0.491 e. The molecule has 5 nitrogen and oxygen atoms in total. The molecule has 8 heteroatoms. The van der Waals surface area contributed by atoms with E-state index in [9.17, 15) is 27.9 Å². The molecular formula is C28H30F3NO4. The lowest BCUT2D eigenvalue weighted by atomic mass is 9.47. The zero-order valence-corrected chi connectivity index (χ0v) is 19.9. The van der Waals surface area contributed by atoms with Gasteiger partial charge < -0.3 is 15.2 Å². The fraction of sp³-hybridized carbons (Fsp3) is 0.571. The quantitative estimate of drug-likeness (QED) is 0.491. The van der Waals surface area contributed by atoms with E-state index in [4.69, 9.17) is 4.74 Å². The van der Waals surface area contributed by atoms with Gasteiger partial charge in [0.05, 0.1) is 5.56 Å². The third kappa shape index (κ3) is 3.84. The average molecular weight is 502 g/mol. The number of ether oxygens (including phenoxy) is 1. The second kappa shape index (κ2) is 8.12. The normalized spacial score (nSPS) is 30.7. The van der Waals surface area contributed by atoms with Crippen molar-refractivity contribution in [3.8, 4) is 5.75 Å². The van der Waals surface area contributed by atoms with Gasteiger partial charge in [-0.15, -0.1) is 0 Å². The largest absolute Gasteiger partial charge is 0.491 e. The second-order valence-electron chi connectivity index (χ2n) is 11.8. The van der Waals surface area contributed by atoms with Gasteiger partial charge in [-0.05, 0) is 80.6 Å². The Balaban J connectivity index is 1.31. The number of hydrogen-bond donors (Lipinski definition) is 2. The molecule has 5 aliphatic rings. The summed E-state index contributed by atoms with van der Waals surface area (Å²) in [5, 5.41) is 14.3. The molecule has 2 N–H and O–H groups in total. The summed E-state index contributed by atoms with van der Waals surface area (Å²) in [5.41, 5.74) is -2.29. The summed E-state index contributed by atoms with van der Waals surface area (Å²) in [4.78, 5) is 26.1. The van der Waals surface area contributed by atoms with E-state index in [1.807, 2.05) is 0 Å². The standard InChI is InChI=1S/C28H30F3NO4/c29-28(30,31)27(7-8-27)15-36-22-20-4-2-1-3-19(20)5-6-21(22)24(33)32-23(25(34)35)26-12-16-9-17(13-26)11-18(10-16)14-26/h1-6,16-18,23H,7-15H2,(H,32,33)(H,34,35)/t16?,17?,18?,23-,26?/m1/s1. The number of fused-ring (bicyclic) bond motifs is 1. The molecule has 0 saturated heterocycles. The van der Waals surface area contributed by atoms with Crippen molar-refractivity contribution in [1.29, 1.82) is 0 Å². The Morgan fingerprint density at radius 3 is 2.17 bits per heavy atom. The SMILES string of the molecule is O=C(N[C@H](C(=O)O)C12CC3CC(CC(C3)C1)C2)c1ccc2ccccc2c1OCC1(C(F)(F)F)CC1. The molecule has 5 fully saturated rings. The molecule has 0 unspecified atom stereocenters. The molecule has 0 radical (unpaired) electrons. The lowest BCUT2D eigenvalue weighted by Gasteiger charge is -2.58. The zero-order chi connectivity index (χ0) is 25.3. The summed E-state index contributed by atoms with van der Waals surface area (Å²) >= 11 is 0. The Morgan fingerprint density at radius 1 is 1.00 bits per heavy atom. The number of alkyl halides is 3. The molecule has 1 atom stereocenters. The van der Waals surface area contributed by atoms with Gasteiger partial charge in [0.2, 0.25) is 0 Å². The van der Waals surface area contributed by atoms with Crippen molar-refractivity contribution in [2.24, 2.45) is 28.6 Å². The first-order valence-corrected chi connectivity index (χ1v) is 12.8. The number of carbonyl (C=O) groups excluding carboxylic acids is 1. The first-order chi connectivity index (χ1) is 17.1. The Morgan fingerprint density at radius 2 is 1.61 bits per heavy atom. The number of aliphatic carboxylic acids is 1. The summed E-state index contributed by atoms with van der Waals surface area (Å²) in [6.07, 6.45) is 1.43. The van der Waals surface area contributed by atoms with Gasteiger partial charge in [-0.2, -0.15) is 13.2 Å². The van der Waals surface area contributed by atoms with Crippen molar-refractivity contribution in [2.45, 2.75) is 63.6 Å². The minimum atomic E-state index is -4.38. The fourth-order valence-electron chi connectivity index (χ4n) is 7.66. The molecule has 2 aromatic carbocycles. The maximum Gasteiger partial charge on any atom is 0.397 e. The van der Waals surface area contributed by atoms with Crippen LogP contribution in [0.5, 0.6) is 5.75 Å². The lowest BCUT2D eigenvalue weighted by molar-refractivity contribution is -0.194. The lowest BCUT2D eigenvalue weighted by Crippen LogP contribution is -2.59. The average Bonchev–Trinajstić information content (AvgIpc) is 3.61. The molecule has 1 amide bonds. The highest BCUT2D eigenvalue weighted by atomic mass is 19.4. The van der Waals surface area contributed by atoms with E-state index in [2.05, 4.69) is 5.32 Å². The van der Waals surface area contributed by atoms with E-state index < -0.39 is 41.5 Å². The highest BCUT2D eigenvalue weighted by Crippen LogP contribution is 2.61. The molecule has 0 aliphatic heterocycles. The van der Waals surface area contributed by atoms with Crippen LogP contribution in [-0.4, -0.2) is 35.8 Å². The van der Waals surface area contributed by atoms with E-state index in [0.717, 1.165) is 43.9 Å². The molecule has 36 heavy (non-hydrogen) atoms. The number of hydrogen-bond acceptors (Lipinski definition) is 3. The highest BCUT2D eigenvalue weighted by molar-refractivity contribution is 6.05. The van der Waals surface area contributed by atoms with Crippen molar-refractivity contribution in [1.82, 2.24) is 5.32 Å². The van der Waals surface area contributed by atoms with Gasteiger partial charge in [-0.1, -0.05) is 30.3 Å². The summed E-state index contributed by atoms with van der Waals surface area (Å²) in [5.74, 6) is -0.0703. The van der Waals surface area contributed by atoms with Gasteiger partial charge in [0.25, 0.3) is 5.91 Å². The summed E-state index contributed by atoms with van der Waals surface area (Å²) in [7, 11) is 0. The van der Waals surface area contributed by atoms with Crippen molar-refractivity contribution >= 4 is 22.6 Å². The van der Waals surface area contributed by atoms with Crippen LogP contribution in [0.2, 0.25) is 0 Å². The van der Waals surface area contributed by atoms with Gasteiger partial charge >= 0.3 is 12.1 Å². The summed E-state index contributed by atoms with van der Waals surface area (Å²) in [6.45, 7) is -0.567. The van der Waals surface area contributed by atoms with Crippen molar-refractivity contribution in [2.75, 3.05) is 6.61 Å². The fourth-order valence-corrected chi connectivity index (χ4v) is 7.66. The number of carbonyl (C=O) groups is 2. The Bertz CT molecular complexity index is 1180. The van der Waals surface area contributed by atoms with Gasteiger partial charge in [-0.25, -0.2) is 4.79 Å². The summed E-state index contributed by atoms with van der Waals surface area (Å²) in [6, 6.07) is 9.26. The number of benzene rings is 2. The molecule has 0 heterocycles. The van der Waals surface area contributed by atoms with Crippen molar-refractivity contribution in [3.63, 3.8) is 0 Å². The van der Waals surface area contributed by atoms with Crippen LogP contribution in [0.25, 0.3) is 10.8 Å². The Hall–Kier alpha value is -2.77.